The lowest BCUT2D eigenvalue weighted by Gasteiger charge is -2.12. The van der Waals surface area contributed by atoms with Crippen molar-refractivity contribution in [2.75, 3.05) is 4.90 Å². The Morgan fingerprint density at radius 1 is 1.09 bits per heavy atom. The largest absolute Gasteiger partial charge is 0.494 e. The quantitative estimate of drug-likeness (QED) is 0.624. The van der Waals surface area contributed by atoms with E-state index in [1.165, 1.54) is 30.5 Å². The van der Waals surface area contributed by atoms with Gasteiger partial charge < -0.3 is 10.2 Å². The molecule has 0 radical (unpaired) electrons. The summed E-state index contributed by atoms with van der Waals surface area (Å²) < 4.78 is 1.13. The highest BCUT2D eigenvalue weighted by molar-refractivity contribution is 6.34. The van der Waals surface area contributed by atoms with Crippen LogP contribution in [0.15, 0.2) is 48.7 Å². The Labute approximate surface area is 143 Å². The molecule has 0 bridgehead atoms. The minimum atomic E-state index is -0.321. The van der Waals surface area contributed by atoms with Crippen molar-refractivity contribution in [1.82, 2.24) is 4.57 Å². The first-order valence-corrected chi connectivity index (χ1v) is 7.36. The summed E-state index contributed by atoms with van der Waals surface area (Å²) in [5.74, 6) is -0.583. The van der Waals surface area contributed by atoms with E-state index < -0.39 is 0 Å². The van der Waals surface area contributed by atoms with Gasteiger partial charge in [-0.25, -0.2) is 4.57 Å². The Morgan fingerprint density at radius 2 is 1.74 bits per heavy atom. The van der Waals surface area contributed by atoms with E-state index in [1.807, 2.05) is 6.92 Å². The fourth-order valence-corrected chi connectivity index (χ4v) is 2.53. The van der Waals surface area contributed by atoms with Gasteiger partial charge in [-0.1, -0.05) is 35.4 Å². The van der Waals surface area contributed by atoms with Crippen molar-refractivity contribution in [2.45, 2.75) is 6.92 Å². The smallest absolute Gasteiger partial charge is 0.223 e. The van der Waals surface area contributed by atoms with E-state index in [1.54, 1.807) is 18.2 Å². The number of anilines is 1. The molecule has 1 heterocycles. The van der Waals surface area contributed by atoms with Crippen LogP contribution in [0.1, 0.15) is 6.92 Å². The maximum atomic E-state index is 11.2. The molecule has 0 fully saturated rings. The van der Waals surface area contributed by atoms with Crippen LogP contribution in [-0.2, 0) is 4.79 Å². The van der Waals surface area contributed by atoms with Crippen LogP contribution in [0.2, 0.25) is 10.0 Å². The molecular weight excluding hydrogens is 339 g/mol. The van der Waals surface area contributed by atoms with Crippen LogP contribution in [0.25, 0.3) is 5.69 Å². The molecule has 0 aliphatic heterocycles. The van der Waals surface area contributed by atoms with Gasteiger partial charge in [0, 0.05) is 22.3 Å². The number of hydrogen-bond acceptors (Lipinski definition) is 3. The van der Waals surface area contributed by atoms with Gasteiger partial charge in [0.05, 0.1) is 5.69 Å². The Hall–Kier alpha value is -2.37. The van der Waals surface area contributed by atoms with Gasteiger partial charge >= 0.3 is 0 Å². The van der Waals surface area contributed by atoms with E-state index in [2.05, 4.69) is 0 Å². The molecule has 1 aromatic heterocycles. The fraction of sp³-hybridized carbons (Fsp3) is 0.0625. The number of amides is 1. The van der Waals surface area contributed by atoms with Crippen molar-refractivity contribution in [1.29, 1.82) is 0 Å². The molecule has 0 aliphatic carbocycles. The molecule has 0 unspecified atom stereocenters. The number of aromatic nitrogens is 1. The van der Waals surface area contributed by atoms with Crippen LogP contribution in [0.5, 0.6) is 11.8 Å². The van der Waals surface area contributed by atoms with Crippen LogP contribution in [0.4, 0.5) is 5.69 Å². The van der Waals surface area contributed by atoms with Crippen molar-refractivity contribution in [3.05, 3.63) is 58.7 Å². The molecule has 2 N–H and O–H groups in total. The number of carbonyl (C=O) groups excluding carboxylic acids is 1. The summed E-state index contributed by atoms with van der Waals surface area (Å²) >= 11 is 11.9. The van der Waals surface area contributed by atoms with Gasteiger partial charge in [-0.2, -0.15) is 0 Å². The summed E-state index contributed by atoms with van der Waals surface area (Å²) in [5.41, 5.74) is 0.487. The third-order valence-corrected chi connectivity index (χ3v) is 3.42. The molecule has 2 aromatic rings. The minimum absolute atomic E-state index is 0.120. The predicted octanol–water partition coefficient (Wildman–Crippen LogP) is 4.25. The summed E-state index contributed by atoms with van der Waals surface area (Å²) in [7, 11) is 0. The van der Waals surface area contributed by atoms with Crippen LogP contribution >= 0.6 is 23.2 Å². The van der Waals surface area contributed by atoms with E-state index in [9.17, 15) is 15.0 Å². The topological polar surface area (TPSA) is 65.7 Å². The van der Waals surface area contributed by atoms with Gasteiger partial charge in [0.15, 0.2) is 0 Å². The molecule has 0 saturated heterocycles. The van der Waals surface area contributed by atoms with Crippen LogP contribution < -0.4 is 4.90 Å². The van der Waals surface area contributed by atoms with Crippen molar-refractivity contribution in [3.8, 4) is 17.4 Å². The molecule has 0 spiro atoms. The second-order valence-electron chi connectivity index (χ2n) is 4.55. The van der Waals surface area contributed by atoms with Crippen LogP contribution in [0, 0.1) is 0 Å². The van der Waals surface area contributed by atoms with Gasteiger partial charge in [0.25, 0.3) is 0 Å². The molecule has 5 nitrogen and oxygen atoms in total. The number of rotatable bonds is 5. The molecule has 0 aliphatic rings. The number of aromatic hydroxyl groups is 2. The summed E-state index contributed by atoms with van der Waals surface area (Å²) in [6.45, 7) is 1.83. The fourth-order valence-electron chi connectivity index (χ4n) is 2.01. The van der Waals surface area contributed by atoms with E-state index in [4.69, 9.17) is 23.2 Å². The maximum absolute atomic E-state index is 11.2. The first-order chi connectivity index (χ1) is 11.0. The number of halogens is 2. The SMILES string of the molecule is CC=CC=CN(C=O)c1cc(O)n(-c2cc(Cl)cc(Cl)c2)c1O. The van der Waals surface area contributed by atoms with E-state index in [0.29, 0.717) is 22.1 Å². The molecule has 0 atom stereocenters. The van der Waals surface area contributed by atoms with Gasteiger partial charge in [0.2, 0.25) is 18.2 Å². The number of nitrogens with zero attached hydrogens (tertiary/aromatic N) is 2. The Morgan fingerprint density at radius 3 is 2.30 bits per heavy atom. The summed E-state index contributed by atoms with van der Waals surface area (Å²) in [6, 6.07) is 5.84. The molecule has 1 amide bonds. The lowest BCUT2D eigenvalue weighted by Crippen LogP contribution is -2.12. The second-order valence-corrected chi connectivity index (χ2v) is 5.43. The van der Waals surface area contributed by atoms with E-state index in [-0.39, 0.29) is 17.4 Å². The van der Waals surface area contributed by atoms with Gasteiger partial charge in [0.1, 0.15) is 5.69 Å². The van der Waals surface area contributed by atoms with Crippen molar-refractivity contribution in [3.63, 3.8) is 0 Å². The zero-order valence-electron chi connectivity index (χ0n) is 12.1. The first-order valence-electron chi connectivity index (χ1n) is 6.61. The van der Waals surface area contributed by atoms with Gasteiger partial charge in [-0.3, -0.25) is 9.69 Å². The van der Waals surface area contributed by atoms with Crippen molar-refractivity contribution in [2.24, 2.45) is 0 Å². The highest BCUT2D eigenvalue weighted by Crippen LogP contribution is 2.38. The molecule has 7 heteroatoms. The zero-order valence-corrected chi connectivity index (χ0v) is 13.7. The Balaban J connectivity index is 2.52. The number of benzene rings is 1. The Kier molecular flexibility index (Phi) is 5.36. The van der Waals surface area contributed by atoms with Crippen LogP contribution in [0.3, 0.4) is 0 Å². The number of carbonyl (C=O) groups is 1. The third-order valence-electron chi connectivity index (χ3n) is 2.98. The maximum Gasteiger partial charge on any atom is 0.223 e. The van der Waals surface area contributed by atoms with Gasteiger partial charge in [-0.05, 0) is 31.2 Å². The summed E-state index contributed by atoms with van der Waals surface area (Å²) in [4.78, 5) is 12.4. The number of hydrogen-bond donors (Lipinski definition) is 2. The average Bonchev–Trinajstić information content (AvgIpc) is 2.77. The van der Waals surface area contributed by atoms with E-state index in [0.717, 1.165) is 9.47 Å². The highest BCUT2D eigenvalue weighted by atomic mass is 35.5. The van der Waals surface area contributed by atoms with Crippen molar-refractivity contribution >= 4 is 35.3 Å². The van der Waals surface area contributed by atoms with Crippen molar-refractivity contribution < 1.29 is 15.0 Å². The highest BCUT2D eigenvalue weighted by Gasteiger charge is 2.19. The third kappa shape index (κ3) is 3.70. The average molecular weight is 353 g/mol. The lowest BCUT2D eigenvalue weighted by molar-refractivity contribution is -0.107. The molecular formula is C16H14Cl2N2O3. The lowest BCUT2D eigenvalue weighted by atomic mass is 10.3. The van der Waals surface area contributed by atoms with Crippen LogP contribution in [-0.4, -0.2) is 21.2 Å². The monoisotopic (exact) mass is 352 g/mol. The van der Waals surface area contributed by atoms with Gasteiger partial charge in [-0.15, -0.1) is 0 Å². The molecule has 120 valence electrons. The second kappa shape index (κ2) is 7.26. The molecule has 23 heavy (non-hydrogen) atoms. The minimum Gasteiger partial charge on any atom is -0.494 e. The molecule has 0 saturated carbocycles. The molecule has 1 aromatic carbocycles. The standard InChI is InChI=1S/C16H14Cl2N2O3/c1-2-3-4-5-19(10-21)14-9-15(22)20(16(14)23)13-7-11(17)6-12(18)8-13/h2-10,22-23H,1H3. The predicted molar refractivity (Wildman–Crippen MR) is 91.6 cm³/mol. The molecule has 2 rings (SSSR count). The summed E-state index contributed by atoms with van der Waals surface area (Å²) in [6.07, 6.45) is 7.11. The van der Waals surface area contributed by atoms with E-state index >= 15 is 0 Å². The zero-order chi connectivity index (χ0) is 17.0. The first kappa shape index (κ1) is 17.0. The normalized spacial score (nSPS) is 11.4. The summed E-state index contributed by atoms with van der Waals surface area (Å²) in [5, 5.41) is 21.2. The Bertz CT molecular complexity index is 762. The number of allylic oxidation sites excluding steroid dienone is 3.